The summed E-state index contributed by atoms with van der Waals surface area (Å²) in [6, 6.07) is 30.2. The fourth-order valence-electron chi connectivity index (χ4n) is 8.22. The molecule has 240 valence electrons. The summed E-state index contributed by atoms with van der Waals surface area (Å²) in [5, 5.41) is 4.29. The number of aryl methyl sites for hydroxylation is 2. The molecule has 0 saturated heterocycles. The van der Waals surface area contributed by atoms with Gasteiger partial charge in [0.15, 0.2) is 16.7 Å². The number of hydrogen-bond donors (Lipinski definition) is 0. The van der Waals surface area contributed by atoms with Crippen LogP contribution in [-0.2, 0) is 0 Å². The standard InChI is InChI=1S/C41H34N6O2/c1-24-13-15-29-28-17-19-43-22-37(28)49-40(29)38(24)46-26(3)44(32-9-5-7-11-34(32)46)23-45-27(4)47(35-12-8-6-10-33(35)45)39-25(2)14-16-30-31-21-42-20-18-36(31)48-41(30)39/h5-22,26-27H,23H2,1-4H3/t26-,27+/m0/s1. The summed E-state index contributed by atoms with van der Waals surface area (Å²) in [5.41, 5.74) is 12.7. The molecule has 8 heteroatoms. The van der Waals surface area contributed by atoms with Crippen LogP contribution in [0.5, 0.6) is 0 Å². The number of para-hydroxylation sites is 4. The molecule has 0 unspecified atom stereocenters. The second-order valence-corrected chi connectivity index (χ2v) is 13.2. The van der Waals surface area contributed by atoms with E-state index in [0.717, 1.165) is 66.6 Å². The molecule has 0 amide bonds. The first-order valence-electron chi connectivity index (χ1n) is 16.8. The topological polar surface area (TPSA) is 65.0 Å². The highest BCUT2D eigenvalue weighted by Crippen LogP contribution is 2.52. The fraction of sp³-hybridized carbons (Fsp3) is 0.171. The zero-order chi connectivity index (χ0) is 33.0. The Hall–Kier alpha value is -6.02. The van der Waals surface area contributed by atoms with Crippen LogP contribution in [0.15, 0.2) is 119 Å². The Morgan fingerprint density at radius 1 is 0.531 bits per heavy atom. The van der Waals surface area contributed by atoms with E-state index in [1.165, 1.54) is 22.5 Å². The number of nitrogens with zero attached hydrogens (tertiary/aromatic N) is 6. The lowest BCUT2D eigenvalue weighted by Crippen LogP contribution is -2.49. The number of rotatable bonds is 4. The Bertz CT molecular complexity index is 2430. The highest BCUT2D eigenvalue weighted by atomic mass is 16.3. The van der Waals surface area contributed by atoms with E-state index in [-0.39, 0.29) is 12.3 Å². The number of furan rings is 2. The van der Waals surface area contributed by atoms with Crippen LogP contribution in [0.3, 0.4) is 0 Å². The molecule has 2 aliphatic rings. The van der Waals surface area contributed by atoms with Crippen molar-refractivity contribution in [1.82, 2.24) is 9.97 Å². The van der Waals surface area contributed by atoms with Crippen LogP contribution in [0.25, 0.3) is 43.9 Å². The Morgan fingerprint density at radius 3 is 1.65 bits per heavy atom. The summed E-state index contributed by atoms with van der Waals surface area (Å²) in [6.45, 7) is 9.61. The highest BCUT2D eigenvalue weighted by molar-refractivity contribution is 6.12. The van der Waals surface area contributed by atoms with Crippen molar-refractivity contribution in [3.8, 4) is 0 Å². The van der Waals surface area contributed by atoms with Crippen LogP contribution in [0, 0.1) is 13.8 Å². The second kappa shape index (κ2) is 10.2. The molecule has 0 bridgehead atoms. The first kappa shape index (κ1) is 28.0. The number of benzene rings is 4. The lowest BCUT2D eigenvalue weighted by Gasteiger charge is -2.37. The third-order valence-corrected chi connectivity index (χ3v) is 10.6. The summed E-state index contributed by atoms with van der Waals surface area (Å²) >= 11 is 0. The monoisotopic (exact) mass is 642 g/mol. The van der Waals surface area contributed by atoms with E-state index in [2.05, 4.69) is 130 Å². The van der Waals surface area contributed by atoms with Gasteiger partial charge in [0.1, 0.15) is 17.9 Å². The molecule has 49 heavy (non-hydrogen) atoms. The third kappa shape index (κ3) is 3.85. The second-order valence-electron chi connectivity index (χ2n) is 13.2. The van der Waals surface area contributed by atoms with Gasteiger partial charge in [0.25, 0.3) is 0 Å². The van der Waals surface area contributed by atoms with Gasteiger partial charge in [-0.15, -0.1) is 0 Å². The molecular weight excluding hydrogens is 608 g/mol. The predicted octanol–water partition coefficient (Wildman–Crippen LogP) is 10.2. The Labute approximate surface area is 283 Å². The van der Waals surface area contributed by atoms with E-state index in [1.807, 2.05) is 30.7 Å². The van der Waals surface area contributed by atoms with Crippen molar-refractivity contribution >= 4 is 78.0 Å². The number of anilines is 6. The van der Waals surface area contributed by atoms with Gasteiger partial charge in [-0.05, 0) is 75.2 Å². The summed E-state index contributed by atoms with van der Waals surface area (Å²) in [6.07, 6.45) is 7.35. The minimum atomic E-state index is 0.00879. The number of hydrogen-bond acceptors (Lipinski definition) is 8. The maximum atomic E-state index is 6.57. The van der Waals surface area contributed by atoms with Crippen molar-refractivity contribution in [3.63, 3.8) is 0 Å². The molecule has 8 nitrogen and oxygen atoms in total. The van der Waals surface area contributed by atoms with Crippen LogP contribution in [0.2, 0.25) is 0 Å². The van der Waals surface area contributed by atoms with Crippen LogP contribution < -0.4 is 19.6 Å². The summed E-state index contributed by atoms with van der Waals surface area (Å²) in [4.78, 5) is 18.6. The smallest absolute Gasteiger partial charge is 0.159 e. The van der Waals surface area contributed by atoms with Crippen LogP contribution in [-0.4, -0.2) is 29.0 Å². The Balaban J connectivity index is 1.09. The van der Waals surface area contributed by atoms with Crippen LogP contribution in [0.1, 0.15) is 25.0 Å². The Morgan fingerprint density at radius 2 is 1.04 bits per heavy atom. The summed E-state index contributed by atoms with van der Waals surface area (Å²) < 4.78 is 13.1. The third-order valence-electron chi connectivity index (χ3n) is 10.6. The molecule has 0 saturated carbocycles. The fourth-order valence-corrected chi connectivity index (χ4v) is 8.22. The van der Waals surface area contributed by atoms with Crippen molar-refractivity contribution < 1.29 is 8.83 Å². The molecular formula is C41H34N6O2. The van der Waals surface area contributed by atoms with Gasteiger partial charge >= 0.3 is 0 Å². The normalized spacial score (nSPS) is 17.3. The molecule has 10 rings (SSSR count). The minimum Gasteiger partial charge on any atom is -0.454 e. The molecule has 6 heterocycles. The van der Waals surface area contributed by atoms with E-state index < -0.39 is 0 Å². The van der Waals surface area contributed by atoms with E-state index in [9.17, 15) is 0 Å². The number of pyridine rings is 2. The first-order valence-corrected chi connectivity index (χ1v) is 16.8. The molecule has 2 aliphatic heterocycles. The summed E-state index contributed by atoms with van der Waals surface area (Å²) in [5.74, 6) is 0. The summed E-state index contributed by atoms with van der Waals surface area (Å²) in [7, 11) is 0. The quantitative estimate of drug-likeness (QED) is 0.188. The maximum Gasteiger partial charge on any atom is 0.159 e. The minimum absolute atomic E-state index is 0.00879. The Kier molecular flexibility index (Phi) is 5.86. The first-order chi connectivity index (χ1) is 24.0. The van der Waals surface area contributed by atoms with Gasteiger partial charge in [0.05, 0.1) is 47.0 Å². The highest BCUT2D eigenvalue weighted by Gasteiger charge is 2.41. The van der Waals surface area contributed by atoms with E-state index in [1.54, 1.807) is 6.20 Å². The lowest BCUT2D eigenvalue weighted by atomic mass is 10.1. The SMILES string of the molecule is Cc1ccc2c(oc3ccncc32)c1N1c2ccccc2N(CN2c3ccccc3N(c3c(C)ccc4c3oc3cnccc34)[C@H]2C)[C@H]1C. The predicted molar refractivity (Wildman–Crippen MR) is 198 cm³/mol. The molecule has 4 aromatic heterocycles. The van der Waals surface area contributed by atoms with Gasteiger partial charge in [-0.25, -0.2) is 0 Å². The van der Waals surface area contributed by atoms with Crippen molar-refractivity contribution in [2.45, 2.75) is 40.0 Å². The van der Waals surface area contributed by atoms with E-state index in [4.69, 9.17) is 8.83 Å². The van der Waals surface area contributed by atoms with Crippen molar-refractivity contribution in [2.24, 2.45) is 0 Å². The zero-order valence-corrected chi connectivity index (χ0v) is 27.8. The lowest BCUT2D eigenvalue weighted by molar-refractivity contribution is 0.602. The zero-order valence-electron chi connectivity index (χ0n) is 27.8. The molecule has 0 aliphatic carbocycles. The van der Waals surface area contributed by atoms with Gasteiger partial charge in [-0.1, -0.05) is 48.5 Å². The number of fused-ring (bicyclic) bond motifs is 8. The van der Waals surface area contributed by atoms with E-state index in [0.29, 0.717) is 6.67 Å². The van der Waals surface area contributed by atoms with Gasteiger partial charge in [-0.2, -0.15) is 0 Å². The van der Waals surface area contributed by atoms with Gasteiger partial charge in [0, 0.05) is 40.1 Å². The molecule has 4 aromatic carbocycles. The molecule has 0 radical (unpaired) electrons. The molecule has 0 N–H and O–H groups in total. The van der Waals surface area contributed by atoms with Gasteiger partial charge in [0.2, 0.25) is 0 Å². The van der Waals surface area contributed by atoms with Crippen molar-refractivity contribution in [2.75, 3.05) is 26.3 Å². The maximum absolute atomic E-state index is 6.57. The van der Waals surface area contributed by atoms with Gasteiger partial charge < -0.3 is 28.4 Å². The average molecular weight is 643 g/mol. The molecule has 8 aromatic rings. The molecule has 0 fully saturated rings. The van der Waals surface area contributed by atoms with Crippen molar-refractivity contribution in [1.29, 1.82) is 0 Å². The molecule has 0 spiro atoms. The molecule has 2 atom stereocenters. The van der Waals surface area contributed by atoms with Gasteiger partial charge in [-0.3, -0.25) is 9.97 Å². The van der Waals surface area contributed by atoms with E-state index >= 15 is 0 Å². The largest absolute Gasteiger partial charge is 0.454 e. The number of aromatic nitrogens is 2. The van der Waals surface area contributed by atoms with Crippen LogP contribution in [0.4, 0.5) is 34.1 Å². The van der Waals surface area contributed by atoms with Crippen molar-refractivity contribution in [3.05, 3.63) is 121 Å². The van der Waals surface area contributed by atoms with Crippen LogP contribution >= 0.6 is 0 Å². The average Bonchev–Trinajstić information content (AvgIpc) is 3.84.